The van der Waals surface area contributed by atoms with Gasteiger partial charge in [0.15, 0.2) is 0 Å². The molecular weight excluding hydrogens is 220 g/mol. The summed E-state index contributed by atoms with van der Waals surface area (Å²) in [4.78, 5) is 6.44. The van der Waals surface area contributed by atoms with Crippen LogP contribution in [-0.2, 0) is 5.88 Å². The normalized spacial score (nSPS) is 12.9. The third-order valence-electron chi connectivity index (χ3n) is 2.89. The Hall–Kier alpha value is -0.760. The summed E-state index contributed by atoms with van der Waals surface area (Å²) in [5, 5.41) is 0. The number of pyridine rings is 1. The second kappa shape index (κ2) is 6.09. The number of nitrogens with zero attached hydrogens (tertiary/aromatic N) is 2. The van der Waals surface area contributed by atoms with Gasteiger partial charge in [0.25, 0.3) is 0 Å². The Kier molecular flexibility index (Phi) is 5.07. The van der Waals surface area contributed by atoms with Crippen LogP contribution in [0.15, 0.2) is 18.5 Å². The average molecular weight is 241 g/mol. The van der Waals surface area contributed by atoms with Crippen molar-refractivity contribution in [3.8, 4) is 0 Å². The molecule has 2 nitrogen and oxygen atoms in total. The zero-order valence-corrected chi connectivity index (χ0v) is 11.3. The van der Waals surface area contributed by atoms with Crippen molar-refractivity contribution >= 4 is 17.3 Å². The number of anilines is 1. The molecule has 0 aliphatic carbocycles. The van der Waals surface area contributed by atoms with Crippen LogP contribution in [0.25, 0.3) is 0 Å². The van der Waals surface area contributed by atoms with Crippen molar-refractivity contribution in [3.63, 3.8) is 0 Å². The van der Waals surface area contributed by atoms with Gasteiger partial charge in [-0.05, 0) is 30.9 Å². The molecule has 1 heterocycles. The lowest BCUT2D eigenvalue weighted by Crippen LogP contribution is -2.30. The maximum Gasteiger partial charge on any atom is 0.0597 e. The fourth-order valence-corrected chi connectivity index (χ4v) is 2.15. The lowest BCUT2D eigenvalue weighted by molar-refractivity contribution is 0.503. The maximum absolute atomic E-state index is 5.93. The maximum atomic E-state index is 5.93. The van der Waals surface area contributed by atoms with Gasteiger partial charge in [0, 0.05) is 25.2 Å². The van der Waals surface area contributed by atoms with E-state index >= 15 is 0 Å². The Balaban J connectivity index is 2.82. The molecule has 90 valence electrons. The third-order valence-corrected chi connectivity index (χ3v) is 3.17. The molecule has 1 unspecified atom stereocenters. The molecule has 1 rings (SSSR count). The number of alkyl halides is 1. The highest BCUT2D eigenvalue weighted by Gasteiger charge is 2.14. The molecule has 0 saturated heterocycles. The van der Waals surface area contributed by atoms with Gasteiger partial charge >= 0.3 is 0 Å². The van der Waals surface area contributed by atoms with Crippen molar-refractivity contribution in [2.24, 2.45) is 5.92 Å². The van der Waals surface area contributed by atoms with Crippen molar-refractivity contribution in [1.82, 2.24) is 4.98 Å². The summed E-state index contributed by atoms with van der Waals surface area (Å²) in [5.41, 5.74) is 2.29. The van der Waals surface area contributed by atoms with Crippen molar-refractivity contribution in [2.45, 2.75) is 39.1 Å². The van der Waals surface area contributed by atoms with E-state index in [1.807, 2.05) is 12.3 Å². The Morgan fingerprint density at radius 1 is 1.38 bits per heavy atom. The first-order chi connectivity index (χ1) is 7.56. The minimum absolute atomic E-state index is 0.506. The molecule has 3 heteroatoms. The summed E-state index contributed by atoms with van der Waals surface area (Å²) < 4.78 is 0. The highest BCUT2D eigenvalue weighted by molar-refractivity contribution is 6.17. The molecular formula is C13H21ClN2. The second-order valence-corrected chi connectivity index (χ2v) is 4.99. The predicted molar refractivity (Wildman–Crippen MR) is 71.1 cm³/mol. The van der Waals surface area contributed by atoms with Crippen molar-refractivity contribution in [2.75, 3.05) is 11.9 Å². The fourth-order valence-electron chi connectivity index (χ4n) is 1.92. The Morgan fingerprint density at radius 2 is 2.06 bits per heavy atom. The van der Waals surface area contributed by atoms with Gasteiger partial charge in [-0.1, -0.05) is 13.8 Å². The lowest BCUT2D eigenvalue weighted by Gasteiger charge is -2.29. The van der Waals surface area contributed by atoms with Crippen LogP contribution in [0.5, 0.6) is 0 Å². The summed E-state index contributed by atoms with van der Waals surface area (Å²) in [7, 11) is 2.11. The van der Waals surface area contributed by atoms with E-state index < -0.39 is 0 Å². The molecule has 0 aliphatic rings. The van der Waals surface area contributed by atoms with Crippen molar-refractivity contribution in [1.29, 1.82) is 0 Å². The molecule has 0 spiro atoms. The van der Waals surface area contributed by atoms with E-state index in [4.69, 9.17) is 11.6 Å². The average Bonchev–Trinajstić information content (AvgIpc) is 2.27. The summed E-state index contributed by atoms with van der Waals surface area (Å²) in [6, 6.07) is 2.49. The standard InChI is InChI=1S/C13H21ClN2/c1-10(2)7-11(3)16(4)13-9-15-6-5-12(13)8-14/h5-6,9-11H,7-8H2,1-4H3. The van der Waals surface area contributed by atoms with E-state index in [1.54, 1.807) is 6.20 Å². The summed E-state index contributed by atoms with van der Waals surface area (Å²) >= 11 is 5.93. The largest absolute Gasteiger partial charge is 0.370 e. The van der Waals surface area contributed by atoms with Gasteiger partial charge in [-0.3, -0.25) is 4.98 Å². The van der Waals surface area contributed by atoms with Gasteiger partial charge in [-0.25, -0.2) is 0 Å². The topological polar surface area (TPSA) is 16.1 Å². The van der Waals surface area contributed by atoms with Crippen LogP contribution in [0.1, 0.15) is 32.8 Å². The van der Waals surface area contributed by atoms with Crippen LogP contribution in [0.4, 0.5) is 5.69 Å². The molecule has 1 aromatic heterocycles. The van der Waals surface area contributed by atoms with Crippen molar-refractivity contribution in [3.05, 3.63) is 24.0 Å². The molecule has 16 heavy (non-hydrogen) atoms. The summed E-state index contributed by atoms with van der Waals surface area (Å²) in [6.07, 6.45) is 4.86. The number of rotatable bonds is 5. The van der Waals surface area contributed by atoms with Gasteiger partial charge in [-0.2, -0.15) is 0 Å². The van der Waals surface area contributed by atoms with E-state index in [1.165, 1.54) is 6.42 Å². The molecule has 1 aromatic rings. The molecule has 0 aliphatic heterocycles. The van der Waals surface area contributed by atoms with Crippen molar-refractivity contribution < 1.29 is 0 Å². The van der Waals surface area contributed by atoms with E-state index in [9.17, 15) is 0 Å². The lowest BCUT2D eigenvalue weighted by atomic mass is 10.0. The molecule has 0 N–H and O–H groups in total. The molecule has 1 atom stereocenters. The van der Waals surface area contributed by atoms with E-state index in [-0.39, 0.29) is 0 Å². The first kappa shape index (κ1) is 13.3. The second-order valence-electron chi connectivity index (χ2n) is 4.73. The number of hydrogen-bond donors (Lipinski definition) is 0. The zero-order valence-electron chi connectivity index (χ0n) is 10.6. The molecule has 0 radical (unpaired) electrons. The highest BCUT2D eigenvalue weighted by Crippen LogP contribution is 2.23. The number of aromatic nitrogens is 1. The van der Waals surface area contributed by atoms with Crippen LogP contribution in [-0.4, -0.2) is 18.1 Å². The summed E-state index contributed by atoms with van der Waals surface area (Å²) in [5.74, 6) is 1.24. The molecule has 0 fully saturated rings. The summed E-state index contributed by atoms with van der Waals surface area (Å²) in [6.45, 7) is 6.73. The predicted octanol–water partition coefficient (Wildman–Crippen LogP) is 3.69. The molecule has 0 bridgehead atoms. The Bertz CT molecular complexity index is 325. The minimum atomic E-state index is 0.506. The molecule has 0 aromatic carbocycles. The molecule has 0 amide bonds. The molecule has 0 saturated carbocycles. The monoisotopic (exact) mass is 240 g/mol. The van der Waals surface area contributed by atoms with Crippen LogP contribution in [0.3, 0.4) is 0 Å². The van der Waals surface area contributed by atoms with E-state index in [0.717, 1.165) is 11.3 Å². The van der Waals surface area contributed by atoms with Gasteiger partial charge < -0.3 is 4.90 Å². The van der Waals surface area contributed by atoms with Gasteiger partial charge in [-0.15, -0.1) is 11.6 Å². The smallest absolute Gasteiger partial charge is 0.0597 e. The Morgan fingerprint density at radius 3 is 2.62 bits per heavy atom. The van der Waals surface area contributed by atoms with Gasteiger partial charge in [0.2, 0.25) is 0 Å². The highest BCUT2D eigenvalue weighted by atomic mass is 35.5. The number of hydrogen-bond acceptors (Lipinski definition) is 2. The quantitative estimate of drug-likeness (QED) is 0.730. The SMILES string of the molecule is CC(C)CC(C)N(C)c1cnccc1CCl. The van der Waals surface area contributed by atoms with Gasteiger partial charge in [0.05, 0.1) is 11.9 Å². The van der Waals surface area contributed by atoms with Crippen LogP contribution in [0, 0.1) is 5.92 Å². The Labute approximate surface area is 104 Å². The van der Waals surface area contributed by atoms with Crippen LogP contribution >= 0.6 is 11.6 Å². The first-order valence-electron chi connectivity index (χ1n) is 5.78. The zero-order chi connectivity index (χ0) is 12.1. The first-order valence-corrected chi connectivity index (χ1v) is 6.31. The minimum Gasteiger partial charge on any atom is -0.370 e. The third kappa shape index (κ3) is 3.38. The van der Waals surface area contributed by atoms with Gasteiger partial charge in [0.1, 0.15) is 0 Å². The van der Waals surface area contributed by atoms with Crippen LogP contribution in [0.2, 0.25) is 0 Å². The fraction of sp³-hybridized carbons (Fsp3) is 0.615. The van der Waals surface area contributed by atoms with Crippen LogP contribution < -0.4 is 4.90 Å². The number of halogens is 1. The van der Waals surface area contributed by atoms with E-state index in [0.29, 0.717) is 17.8 Å². The van der Waals surface area contributed by atoms with E-state index in [2.05, 4.69) is 37.7 Å².